The molecule has 166 valence electrons. The fourth-order valence-electron chi connectivity index (χ4n) is 4.37. The maximum atomic E-state index is 6.49. The topological polar surface area (TPSA) is 55.2 Å². The number of hydrogen-bond donors (Lipinski definition) is 1. The van der Waals surface area contributed by atoms with Gasteiger partial charge in [-0.1, -0.05) is 17.7 Å². The van der Waals surface area contributed by atoms with Gasteiger partial charge in [0.1, 0.15) is 11.8 Å². The Morgan fingerprint density at radius 1 is 1.03 bits per heavy atom. The number of thiocarbonyl (C=S) groups is 1. The first-order chi connectivity index (χ1) is 16.1. The number of halogens is 1. The number of hydrogen-bond acceptors (Lipinski definition) is 4. The zero-order chi connectivity index (χ0) is 22.9. The van der Waals surface area contributed by atoms with E-state index < -0.39 is 0 Å². The van der Waals surface area contributed by atoms with Gasteiger partial charge in [-0.15, -0.1) is 0 Å². The molecule has 0 saturated carbocycles. The molecule has 0 spiro atoms. The Hall–Kier alpha value is -3.42. The maximum Gasteiger partial charge on any atom is 0.174 e. The molecule has 3 aromatic heterocycles. The fraction of sp³-hybridized carbons (Fsp3) is 0.160. The lowest BCUT2D eigenvalue weighted by molar-refractivity contribution is 0.415. The average Bonchev–Trinajstić information content (AvgIpc) is 3.39. The van der Waals surface area contributed by atoms with E-state index in [4.69, 9.17) is 28.6 Å². The number of pyridine rings is 2. The molecule has 4 aromatic rings. The van der Waals surface area contributed by atoms with Gasteiger partial charge < -0.3 is 19.5 Å². The van der Waals surface area contributed by atoms with Crippen molar-refractivity contribution in [2.75, 3.05) is 12.0 Å². The van der Waals surface area contributed by atoms with Gasteiger partial charge >= 0.3 is 0 Å². The van der Waals surface area contributed by atoms with E-state index in [0.29, 0.717) is 15.9 Å². The van der Waals surface area contributed by atoms with Gasteiger partial charge in [-0.25, -0.2) is 0 Å². The lowest BCUT2D eigenvalue weighted by Crippen LogP contribution is -2.30. The molecule has 1 aromatic carbocycles. The second-order valence-corrected chi connectivity index (χ2v) is 8.56. The molecular formula is C25H22ClN5OS. The van der Waals surface area contributed by atoms with E-state index in [-0.39, 0.29) is 12.1 Å². The number of benzene rings is 1. The van der Waals surface area contributed by atoms with Crippen LogP contribution in [0.1, 0.15) is 29.2 Å². The van der Waals surface area contributed by atoms with Crippen LogP contribution in [-0.4, -0.2) is 26.8 Å². The van der Waals surface area contributed by atoms with Crippen molar-refractivity contribution in [1.82, 2.24) is 19.9 Å². The monoisotopic (exact) mass is 475 g/mol. The van der Waals surface area contributed by atoms with Gasteiger partial charge in [0, 0.05) is 29.5 Å². The molecular weight excluding hydrogens is 454 g/mol. The first kappa shape index (κ1) is 21.4. The van der Waals surface area contributed by atoms with Crippen LogP contribution < -0.4 is 15.0 Å². The molecule has 0 unspecified atom stereocenters. The largest absolute Gasteiger partial charge is 0.495 e. The van der Waals surface area contributed by atoms with Crippen LogP contribution in [-0.2, 0) is 0 Å². The van der Waals surface area contributed by atoms with E-state index >= 15 is 0 Å². The number of aryl methyl sites for hydroxylation is 1. The molecule has 4 heterocycles. The molecule has 5 rings (SSSR count). The van der Waals surface area contributed by atoms with Crippen molar-refractivity contribution >= 4 is 34.6 Å². The second-order valence-electron chi connectivity index (χ2n) is 7.76. The normalized spacial score (nSPS) is 17.8. The molecule has 6 nitrogen and oxygen atoms in total. The predicted octanol–water partition coefficient (Wildman–Crippen LogP) is 5.41. The summed E-state index contributed by atoms with van der Waals surface area (Å²) in [6, 6.07) is 19.5. The van der Waals surface area contributed by atoms with Gasteiger partial charge in [-0.2, -0.15) is 0 Å². The van der Waals surface area contributed by atoms with Crippen molar-refractivity contribution in [2.24, 2.45) is 0 Å². The fourth-order valence-corrected chi connectivity index (χ4v) is 4.96. The van der Waals surface area contributed by atoms with Crippen LogP contribution in [0.2, 0.25) is 5.02 Å². The molecule has 1 fully saturated rings. The Morgan fingerprint density at radius 2 is 1.91 bits per heavy atom. The van der Waals surface area contributed by atoms with E-state index in [9.17, 15) is 0 Å². The number of nitrogens with zero attached hydrogens (tertiary/aromatic N) is 4. The molecule has 1 saturated heterocycles. The van der Waals surface area contributed by atoms with Crippen molar-refractivity contribution < 1.29 is 4.74 Å². The Bertz CT molecular complexity index is 1290. The summed E-state index contributed by atoms with van der Waals surface area (Å²) in [7, 11) is 1.60. The summed E-state index contributed by atoms with van der Waals surface area (Å²) in [5.74, 6) is 0.617. The molecule has 1 N–H and O–H groups in total. The molecule has 0 bridgehead atoms. The summed E-state index contributed by atoms with van der Waals surface area (Å²) >= 11 is 12.3. The minimum atomic E-state index is -0.175. The third-order valence-electron chi connectivity index (χ3n) is 5.83. The molecule has 2 atom stereocenters. The van der Waals surface area contributed by atoms with Crippen LogP contribution in [0.5, 0.6) is 5.75 Å². The van der Waals surface area contributed by atoms with Crippen LogP contribution in [0.15, 0.2) is 79.3 Å². The quantitative estimate of drug-likeness (QED) is 0.389. The predicted molar refractivity (Wildman–Crippen MR) is 134 cm³/mol. The van der Waals surface area contributed by atoms with Crippen LogP contribution in [0.4, 0.5) is 5.69 Å². The van der Waals surface area contributed by atoms with E-state index in [2.05, 4.69) is 49.9 Å². The summed E-state index contributed by atoms with van der Waals surface area (Å²) in [6.45, 7) is 2.08. The van der Waals surface area contributed by atoms with Gasteiger partial charge in [-0.3, -0.25) is 9.97 Å². The summed E-state index contributed by atoms with van der Waals surface area (Å²) in [5, 5.41) is 4.62. The van der Waals surface area contributed by atoms with E-state index in [1.54, 1.807) is 19.5 Å². The highest BCUT2D eigenvalue weighted by atomic mass is 35.5. The molecule has 33 heavy (non-hydrogen) atoms. The number of ether oxygens (including phenoxy) is 1. The number of aromatic nitrogens is 3. The second kappa shape index (κ2) is 8.84. The molecule has 0 aliphatic carbocycles. The summed E-state index contributed by atoms with van der Waals surface area (Å²) < 4.78 is 7.56. The molecule has 0 amide bonds. The first-order valence-electron chi connectivity index (χ1n) is 10.5. The molecule has 1 aliphatic heterocycles. The molecule has 8 heteroatoms. The lowest BCUT2D eigenvalue weighted by atomic mass is 10.0. The van der Waals surface area contributed by atoms with Gasteiger partial charge in [0.15, 0.2) is 5.11 Å². The smallest absolute Gasteiger partial charge is 0.174 e. The van der Waals surface area contributed by atoms with Crippen molar-refractivity contribution in [1.29, 1.82) is 0 Å². The highest BCUT2D eigenvalue weighted by Crippen LogP contribution is 2.44. The SMILES string of the molecule is COc1ccc(N2C(=S)N[C@@H](c3ccccn3)[C@H]2c2ccc(C)n2-c2cccnc2)cc1Cl. The Morgan fingerprint density at radius 3 is 2.61 bits per heavy atom. The zero-order valence-electron chi connectivity index (χ0n) is 18.1. The van der Waals surface area contributed by atoms with Crippen molar-refractivity contribution in [3.63, 3.8) is 0 Å². The highest BCUT2D eigenvalue weighted by Gasteiger charge is 2.42. The molecule has 1 aliphatic rings. The lowest BCUT2D eigenvalue weighted by Gasteiger charge is -2.29. The summed E-state index contributed by atoms with van der Waals surface area (Å²) in [5.41, 5.74) is 4.93. The number of nitrogens with one attached hydrogen (secondary N) is 1. The van der Waals surface area contributed by atoms with Gasteiger partial charge in [-0.05, 0) is 73.7 Å². The van der Waals surface area contributed by atoms with Crippen LogP contribution in [0.3, 0.4) is 0 Å². The van der Waals surface area contributed by atoms with Crippen molar-refractivity contribution in [3.05, 3.63) is 101 Å². The van der Waals surface area contributed by atoms with Gasteiger partial charge in [0.2, 0.25) is 0 Å². The molecule has 0 radical (unpaired) electrons. The Kier molecular flexibility index (Phi) is 5.74. The van der Waals surface area contributed by atoms with Gasteiger partial charge in [0.25, 0.3) is 0 Å². The summed E-state index contributed by atoms with van der Waals surface area (Å²) in [4.78, 5) is 11.1. The van der Waals surface area contributed by atoms with Crippen LogP contribution in [0, 0.1) is 6.92 Å². The number of anilines is 1. The standard InChI is InChI=1S/C25H22ClN5OS/c1-16-8-10-21(30(16)18-6-5-12-27-15-18)24-23(20-7-3-4-13-28-20)29-25(33)31(24)17-9-11-22(32-2)19(26)14-17/h3-15,23-24H,1-2H3,(H,29,33)/t23-,24+/m0/s1. The first-order valence-corrected chi connectivity index (χ1v) is 11.3. The number of rotatable bonds is 5. The third kappa shape index (κ3) is 3.83. The van der Waals surface area contributed by atoms with Crippen LogP contribution >= 0.6 is 23.8 Å². The minimum Gasteiger partial charge on any atom is -0.495 e. The van der Waals surface area contributed by atoms with Crippen molar-refractivity contribution in [3.8, 4) is 11.4 Å². The van der Waals surface area contributed by atoms with Crippen LogP contribution in [0.25, 0.3) is 5.69 Å². The highest BCUT2D eigenvalue weighted by molar-refractivity contribution is 7.80. The summed E-state index contributed by atoms with van der Waals surface area (Å²) in [6.07, 6.45) is 5.44. The van der Waals surface area contributed by atoms with E-state index in [1.807, 2.05) is 48.7 Å². The minimum absolute atomic E-state index is 0.163. The van der Waals surface area contributed by atoms with E-state index in [1.165, 1.54) is 0 Å². The van der Waals surface area contributed by atoms with E-state index in [0.717, 1.165) is 28.5 Å². The number of methoxy groups -OCH3 is 1. The average molecular weight is 476 g/mol. The third-order valence-corrected chi connectivity index (χ3v) is 6.43. The Balaban J connectivity index is 1.69. The van der Waals surface area contributed by atoms with Gasteiger partial charge in [0.05, 0.1) is 35.8 Å². The maximum absolute atomic E-state index is 6.49. The Labute approximate surface area is 202 Å². The zero-order valence-corrected chi connectivity index (χ0v) is 19.7. The van der Waals surface area contributed by atoms with Crippen molar-refractivity contribution in [2.45, 2.75) is 19.0 Å².